The molecule has 1 aromatic heterocycles. The molecule has 0 radical (unpaired) electrons. The van der Waals surface area contributed by atoms with Crippen molar-refractivity contribution < 1.29 is 14.3 Å². The van der Waals surface area contributed by atoms with Gasteiger partial charge in [0.15, 0.2) is 0 Å². The van der Waals surface area contributed by atoms with Crippen LogP contribution in [0.3, 0.4) is 0 Å². The molecule has 1 fully saturated rings. The van der Waals surface area contributed by atoms with Crippen LogP contribution >= 0.6 is 0 Å². The summed E-state index contributed by atoms with van der Waals surface area (Å²) in [6, 6.07) is 7.94. The van der Waals surface area contributed by atoms with E-state index in [9.17, 15) is 9.59 Å². The molecule has 2 amide bonds. The fourth-order valence-electron chi connectivity index (χ4n) is 3.03. The van der Waals surface area contributed by atoms with Crippen molar-refractivity contribution in [3.8, 4) is 0 Å². The summed E-state index contributed by atoms with van der Waals surface area (Å²) in [7, 11) is 0. The lowest BCUT2D eigenvalue weighted by atomic mass is 9.98. The molecular formula is C19H24N4O3. The third-order valence-electron chi connectivity index (χ3n) is 4.57. The Hall–Kier alpha value is -2.83. The van der Waals surface area contributed by atoms with Crippen LogP contribution in [0, 0.1) is 12.8 Å². The number of benzene rings is 1. The number of carbonyl (C=O) groups excluding carboxylic acids is 2. The maximum atomic E-state index is 12.3. The van der Waals surface area contributed by atoms with Crippen molar-refractivity contribution in [2.45, 2.75) is 26.4 Å². The first-order valence-corrected chi connectivity index (χ1v) is 8.86. The zero-order chi connectivity index (χ0) is 18.4. The van der Waals surface area contributed by atoms with Crippen LogP contribution in [0.25, 0.3) is 0 Å². The van der Waals surface area contributed by atoms with E-state index in [4.69, 9.17) is 4.74 Å². The molecule has 3 rings (SSSR count). The molecule has 0 bridgehead atoms. The lowest BCUT2D eigenvalue weighted by molar-refractivity contribution is 0.0776. The molecule has 1 atom stereocenters. The Kier molecular flexibility index (Phi) is 5.88. The molecule has 2 N–H and O–H groups in total. The molecule has 2 aromatic rings. The van der Waals surface area contributed by atoms with Gasteiger partial charge in [-0.3, -0.25) is 9.89 Å². The zero-order valence-corrected chi connectivity index (χ0v) is 14.9. The van der Waals surface area contributed by atoms with Crippen LogP contribution in [0.5, 0.6) is 0 Å². The smallest absolute Gasteiger partial charge is 0.410 e. The summed E-state index contributed by atoms with van der Waals surface area (Å²) in [5.41, 5.74) is 2.66. The number of rotatable bonds is 5. The second kappa shape index (κ2) is 8.51. The van der Waals surface area contributed by atoms with Gasteiger partial charge in [-0.25, -0.2) is 4.79 Å². The molecule has 0 saturated carbocycles. The first-order valence-electron chi connectivity index (χ1n) is 8.86. The number of aromatic amines is 1. The average molecular weight is 356 g/mol. The summed E-state index contributed by atoms with van der Waals surface area (Å²) in [4.78, 5) is 26.0. The van der Waals surface area contributed by atoms with Crippen LogP contribution < -0.4 is 5.32 Å². The maximum absolute atomic E-state index is 12.3. The van der Waals surface area contributed by atoms with Crippen LogP contribution in [0.2, 0.25) is 0 Å². The van der Waals surface area contributed by atoms with Crippen LogP contribution in [0.15, 0.2) is 36.7 Å². The standard InChI is InChI=1S/C19H24N4O3/c1-14-4-6-15(7-5-14)13-26-19(25)23-8-2-3-16(12-23)9-20-18(24)17-10-21-22-11-17/h4-7,10-11,16H,2-3,8-9,12-13H2,1H3,(H,20,24)(H,21,22). The van der Waals surface area contributed by atoms with Gasteiger partial charge in [-0.2, -0.15) is 5.10 Å². The largest absolute Gasteiger partial charge is 0.445 e. The van der Waals surface area contributed by atoms with E-state index in [-0.39, 0.29) is 24.5 Å². The van der Waals surface area contributed by atoms with Crippen LogP contribution in [0.4, 0.5) is 4.79 Å². The minimum absolute atomic E-state index is 0.155. The van der Waals surface area contributed by atoms with E-state index < -0.39 is 0 Å². The molecule has 1 unspecified atom stereocenters. The molecule has 7 nitrogen and oxygen atoms in total. The van der Waals surface area contributed by atoms with Gasteiger partial charge in [-0.1, -0.05) is 29.8 Å². The highest BCUT2D eigenvalue weighted by molar-refractivity contribution is 5.93. The molecule has 1 aromatic carbocycles. The summed E-state index contributed by atoms with van der Waals surface area (Å²) in [6.07, 6.45) is 4.64. The van der Waals surface area contributed by atoms with Crippen molar-refractivity contribution in [3.05, 3.63) is 53.3 Å². The van der Waals surface area contributed by atoms with Crippen molar-refractivity contribution >= 4 is 12.0 Å². The highest BCUT2D eigenvalue weighted by atomic mass is 16.6. The molecule has 1 aliphatic heterocycles. The molecule has 0 spiro atoms. The number of H-pyrrole nitrogens is 1. The number of nitrogens with zero attached hydrogens (tertiary/aromatic N) is 2. The molecule has 7 heteroatoms. The van der Waals surface area contributed by atoms with Crippen molar-refractivity contribution in [1.29, 1.82) is 0 Å². The highest BCUT2D eigenvalue weighted by Gasteiger charge is 2.25. The Labute approximate surface area is 152 Å². The molecule has 1 aliphatic rings. The van der Waals surface area contributed by atoms with Gasteiger partial charge in [0.1, 0.15) is 6.61 Å². The minimum atomic E-state index is -0.295. The predicted octanol–water partition coefficient (Wildman–Crippen LogP) is 2.50. The van der Waals surface area contributed by atoms with E-state index in [0.29, 0.717) is 25.2 Å². The SMILES string of the molecule is Cc1ccc(COC(=O)N2CCCC(CNC(=O)c3cn[nH]c3)C2)cc1. The average Bonchev–Trinajstić information content (AvgIpc) is 3.20. The van der Waals surface area contributed by atoms with E-state index in [0.717, 1.165) is 18.4 Å². The minimum Gasteiger partial charge on any atom is -0.445 e. The van der Waals surface area contributed by atoms with Gasteiger partial charge in [0.05, 0.1) is 11.8 Å². The number of nitrogens with one attached hydrogen (secondary N) is 2. The summed E-state index contributed by atoms with van der Waals surface area (Å²) in [5.74, 6) is 0.0735. The number of piperidine rings is 1. The number of hydrogen-bond donors (Lipinski definition) is 2. The van der Waals surface area contributed by atoms with Crippen molar-refractivity contribution in [3.63, 3.8) is 0 Å². The van der Waals surface area contributed by atoms with Gasteiger partial charge in [0.2, 0.25) is 0 Å². The van der Waals surface area contributed by atoms with Gasteiger partial charge in [-0.15, -0.1) is 0 Å². The van der Waals surface area contributed by atoms with Crippen molar-refractivity contribution in [2.24, 2.45) is 5.92 Å². The number of likely N-dealkylation sites (tertiary alicyclic amines) is 1. The van der Waals surface area contributed by atoms with Gasteiger partial charge < -0.3 is 15.0 Å². The van der Waals surface area contributed by atoms with Gasteiger partial charge in [0.25, 0.3) is 5.91 Å². The monoisotopic (exact) mass is 356 g/mol. The van der Waals surface area contributed by atoms with E-state index in [2.05, 4.69) is 15.5 Å². The quantitative estimate of drug-likeness (QED) is 0.862. The van der Waals surface area contributed by atoms with Gasteiger partial charge in [0, 0.05) is 25.8 Å². The van der Waals surface area contributed by atoms with E-state index >= 15 is 0 Å². The summed E-state index contributed by atoms with van der Waals surface area (Å²) in [5, 5.41) is 9.29. The van der Waals surface area contributed by atoms with E-state index in [1.807, 2.05) is 31.2 Å². The lowest BCUT2D eigenvalue weighted by Gasteiger charge is -2.32. The Balaban J connectivity index is 1.44. The third kappa shape index (κ3) is 4.84. The Bertz CT molecular complexity index is 728. The number of ether oxygens (including phenoxy) is 1. The third-order valence-corrected chi connectivity index (χ3v) is 4.57. The van der Waals surface area contributed by atoms with Gasteiger partial charge in [-0.05, 0) is 31.2 Å². The zero-order valence-electron chi connectivity index (χ0n) is 14.9. The summed E-state index contributed by atoms with van der Waals surface area (Å²) in [6.45, 7) is 4.12. The summed E-state index contributed by atoms with van der Waals surface area (Å²) < 4.78 is 5.43. The first kappa shape index (κ1) is 18.0. The van der Waals surface area contributed by atoms with Crippen LogP contribution in [0.1, 0.15) is 34.3 Å². The summed E-state index contributed by atoms with van der Waals surface area (Å²) >= 11 is 0. The van der Waals surface area contributed by atoms with Crippen LogP contribution in [-0.4, -0.2) is 46.7 Å². The number of aryl methyl sites for hydroxylation is 1. The van der Waals surface area contributed by atoms with Gasteiger partial charge >= 0.3 is 6.09 Å². The van der Waals surface area contributed by atoms with Crippen LogP contribution in [-0.2, 0) is 11.3 Å². The predicted molar refractivity (Wildman–Crippen MR) is 96.6 cm³/mol. The normalized spacial score (nSPS) is 17.0. The fraction of sp³-hybridized carbons (Fsp3) is 0.421. The lowest BCUT2D eigenvalue weighted by Crippen LogP contribution is -2.43. The first-order chi connectivity index (χ1) is 12.6. The fourth-order valence-corrected chi connectivity index (χ4v) is 3.03. The number of carbonyl (C=O) groups is 2. The number of aromatic nitrogens is 2. The van der Waals surface area contributed by atoms with E-state index in [1.165, 1.54) is 11.8 Å². The number of amides is 2. The molecule has 2 heterocycles. The van der Waals surface area contributed by atoms with Crippen molar-refractivity contribution in [1.82, 2.24) is 20.4 Å². The molecule has 138 valence electrons. The Morgan fingerprint density at radius 3 is 2.88 bits per heavy atom. The topological polar surface area (TPSA) is 87.3 Å². The molecule has 0 aliphatic carbocycles. The number of hydrogen-bond acceptors (Lipinski definition) is 4. The Morgan fingerprint density at radius 2 is 2.15 bits per heavy atom. The van der Waals surface area contributed by atoms with E-state index in [1.54, 1.807) is 11.1 Å². The molecule has 26 heavy (non-hydrogen) atoms. The Morgan fingerprint density at radius 1 is 1.35 bits per heavy atom. The molecular weight excluding hydrogens is 332 g/mol. The molecule has 1 saturated heterocycles. The highest BCUT2D eigenvalue weighted by Crippen LogP contribution is 2.17. The second-order valence-corrected chi connectivity index (χ2v) is 6.69. The van der Waals surface area contributed by atoms with Crippen molar-refractivity contribution in [2.75, 3.05) is 19.6 Å². The second-order valence-electron chi connectivity index (χ2n) is 6.69. The maximum Gasteiger partial charge on any atom is 0.410 e.